The summed E-state index contributed by atoms with van der Waals surface area (Å²) in [4.78, 5) is 0. The van der Waals surface area contributed by atoms with Crippen LogP contribution < -0.4 is 0 Å². The molecule has 0 saturated carbocycles. The number of hydrogen-bond donors (Lipinski definition) is 1. The third-order valence-electron chi connectivity index (χ3n) is 0.740. The Labute approximate surface area is 45.1 Å². The highest BCUT2D eigenvalue weighted by Gasteiger charge is 1.94. The smallest absolute Gasteiger partial charge is 0.174 e. The Bertz CT molecular complexity index is 94.6. The van der Waals surface area contributed by atoms with Gasteiger partial charge in [0.2, 0.25) is 0 Å². The summed E-state index contributed by atoms with van der Waals surface area (Å²) in [5, 5.41) is 3.71. The monoisotopic (exact) mass is 117 g/mol. The van der Waals surface area contributed by atoms with Crippen LogP contribution in [0, 0.1) is 6.01 Å². The fourth-order valence-corrected chi connectivity index (χ4v) is 1.24. The molecule has 0 aromatic carbocycles. The summed E-state index contributed by atoms with van der Waals surface area (Å²) in [6.45, 7) is 0. The van der Waals surface area contributed by atoms with Gasteiger partial charge in [0.1, 0.15) is 0 Å². The van der Waals surface area contributed by atoms with Crippen molar-refractivity contribution < 1.29 is 4.39 Å². The van der Waals surface area contributed by atoms with Crippen LogP contribution >= 0.6 is 10.9 Å². The third-order valence-corrected chi connectivity index (χ3v) is 2.00. The summed E-state index contributed by atoms with van der Waals surface area (Å²) in [5.41, 5.74) is 0. The molecule has 0 aromatic heterocycles. The molecule has 0 amide bonds. The molecule has 0 nitrogen and oxygen atoms in total. The lowest BCUT2D eigenvalue weighted by molar-refractivity contribution is 0.690. The van der Waals surface area contributed by atoms with Gasteiger partial charge in [-0.2, -0.15) is 10.9 Å². The van der Waals surface area contributed by atoms with Crippen molar-refractivity contribution in [2.24, 2.45) is 0 Å². The van der Waals surface area contributed by atoms with Gasteiger partial charge in [-0.25, -0.2) is 4.39 Å². The van der Waals surface area contributed by atoms with Crippen molar-refractivity contribution >= 4 is 10.9 Å². The van der Waals surface area contributed by atoms with Crippen molar-refractivity contribution in [3.05, 3.63) is 29.0 Å². The minimum Gasteiger partial charge on any atom is -0.233 e. The van der Waals surface area contributed by atoms with E-state index in [0.29, 0.717) is 0 Å². The molecule has 0 atom stereocenters. The van der Waals surface area contributed by atoms with Gasteiger partial charge in [0.15, 0.2) is 6.01 Å². The van der Waals surface area contributed by atoms with Crippen LogP contribution in [0.2, 0.25) is 0 Å². The van der Waals surface area contributed by atoms with Crippen molar-refractivity contribution in [2.75, 3.05) is 0 Å². The number of hydrogen-bond acceptors (Lipinski definition) is 0. The Morgan fingerprint density at radius 2 is 1.86 bits per heavy atom. The maximum absolute atomic E-state index is 11.5. The summed E-state index contributed by atoms with van der Waals surface area (Å²) < 4.78 is 11.5. The van der Waals surface area contributed by atoms with Gasteiger partial charge in [-0.1, -0.05) is 12.2 Å². The third kappa shape index (κ3) is 1.06. The topological polar surface area (TPSA) is 0 Å². The van der Waals surface area contributed by atoms with Gasteiger partial charge in [0.25, 0.3) is 0 Å². The fourth-order valence-electron chi connectivity index (χ4n) is 0.413. The second-order valence-electron chi connectivity index (χ2n) is 1.23. The lowest BCUT2D eigenvalue weighted by Gasteiger charge is -1.96. The Morgan fingerprint density at radius 3 is 2.14 bits per heavy atom. The normalized spacial score (nSPS) is 21.6. The van der Waals surface area contributed by atoms with Crippen molar-refractivity contribution in [3.63, 3.8) is 0 Å². The molecule has 0 N–H and O–H groups in total. The van der Waals surface area contributed by atoms with E-state index in [-0.39, 0.29) is 0 Å². The maximum Gasteiger partial charge on any atom is 0.174 e. The van der Waals surface area contributed by atoms with E-state index in [1.54, 1.807) is 0 Å². The van der Waals surface area contributed by atoms with Crippen LogP contribution in [0.1, 0.15) is 0 Å². The average Bonchev–Trinajstić information content (AvgIpc) is 2.14. The first-order valence-electron chi connectivity index (χ1n) is 1.99. The summed E-state index contributed by atoms with van der Waals surface area (Å²) in [6.07, 6.45) is 3.73. The molecule has 1 radical (unpaired) electrons. The summed E-state index contributed by atoms with van der Waals surface area (Å²) in [5.74, 6) is 0. The van der Waals surface area contributed by atoms with E-state index in [1.807, 2.05) is 23.0 Å². The number of rotatable bonds is 1. The summed E-state index contributed by atoms with van der Waals surface area (Å²) >= 11 is 0. The van der Waals surface area contributed by atoms with Gasteiger partial charge in [0.05, 0.1) is 0 Å². The molecule has 0 spiro atoms. The summed E-state index contributed by atoms with van der Waals surface area (Å²) in [6, 6.07) is 0.731. The van der Waals surface area contributed by atoms with Crippen LogP contribution in [-0.2, 0) is 0 Å². The van der Waals surface area contributed by atoms with Gasteiger partial charge >= 0.3 is 0 Å². The second kappa shape index (κ2) is 2.17. The van der Waals surface area contributed by atoms with E-state index in [2.05, 4.69) is 0 Å². The Kier molecular flexibility index (Phi) is 1.52. The first-order chi connectivity index (χ1) is 3.43. The molecule has 0 bridgehead atoms. The zero-order chi connectivity index (χ0) is 5.11. The molecule has 1 aliphatic heterocycles. The van der Waals surface area contributed by atoms with E-state index < -0.39 is 10.9 Å². The van der Waals surface area contributed by atoms with Crippen LogP contribution in [0.4, 0.5) is 4.39 Å². The number of thiol groups is 1. The van der Waals surface area contributed by atoms with Gasteiger partial charge in [-0.05, 0) is 10.8 Å². The van der Waals surface area contributed by atoms with E-state index >= 15 is 0 Å². The van der Waals surface area contributed by atoms with Crippen molar-refractivity contribution in [2.45, 2.75) is 0 Å². The zero-order valence-corrected chi connectivity index (χ0v) is 4.61. The lowest BCUT2D eigenvalue weighted by Crippen LogP contribution is -1.55. The molecule has 39 valence electrons. The highest BCUT2D eigenvalue weighted by atomic mass is 32.2. The van der Waals surface area contributed by atoms with E-state index in [9.17, 15) is 4.39 Å². The van der Waals surface area contributed by atoms with Gasteiger partial charge in [-0.15, -0.1) is 0 Å². The standard InChI is InChI=1S/C5H6FS/c6-5-7-3-1-2-4-7/h1-5,7H. The minimum atomic E-state index is -0.596. The Hall–Kier alpha value is -0.240. The molecule has 1 rings (SSSR count). The predicted octanol–water partition coefficient (Wildman–Crippen LogP) is 2.12. The number of halogens is 1. The molecule has 1 aliphatic rings. The van der Waals surface area contributed by atoms with E-state index in [4.69, 9.17) is 0 Å². The van der Waals surface area contributed by atoms with Crippen LogP contribution in [0.3, 0.4) is 0 Å². The molecule has 0 fully saturated rings. The highest BCUT2D eigenvalue weighted by Crippen LogP contribution is 2.35. The van der Waals surface area contributed by atoms with Crippen LogP contribution in [0.5, 0.6) is 0 Å². The molecule has 1 heterocycles. The van der Waals surface area contributed by atoms with Gasteiger partial charge in [-0.3, -0.25) is 0 Å². The molecular formula is C5H6FS. The molecule has 2 heteroatoms. The Morgan fingerprint density at radius 1 is 1.29 bits per heavy atom. The lowest BCUT2D eigenvalue weighted by atomic mass is 10.6. The van der Waals surface area contributed by atoms with Crippen molar-refractivity contribution in [3.8, 4) is 0 Å². The predicted molar refractivity (Wildman–Crippen MR) is 32.7 cm³/mol. The zero-order valence-electron chi connectivity index (χ0n) is 3.71. The maximum atomic E-state index is 11.5. The van der Waals surface area contributed by atoms with Crippen LogP contribution in [0.25, 0.3) is 0 Å². The highest BCUT2D eigenvalue weighted by molar-refractivity contribution is 8.23. The Balaban J connectivity index is 2.44. The second-order valence-corrected chi connectivity index (χ2v) is 2.91. The minimum absolute atomic E-state index is 0.596. The quantitative estimate of drug-likeness (QED) is 0.500. The van der Waals surface area contributed by atoms with Crippen LogP contribution in [0.15, 0.2) is 23.0 Å². The SMILES string of the molecule is F[CH][SH]1C=CC=C1. The molecular weight excluding hydrogens is 111 g/mol. The van der Waals surface area contributed by atoms with E-state index in [0.717, 1.165) is 6.01 Å². The average molecular weight is 117 g/mol. The first-order valence-corrected chi connectivity index (χ1v) is 3.54. The molecule has 0 aliphatic carbocycles. The van der Waals surface area contributed by atoms with Gasteiger partial charge in [0, 0.05) is 0 Å². The summed E-state index contributed by atoms with van der Waals surface area (Å²) in [7, 11) is -0.596. The van der Waals surface area contributed by atoms with Crippen molar-refractivity contribution in [1.29, 1.82) is 0 Å². The molecule has 7 heavy (non-hydrogen) atoms. The van der Waals surface area contributed by atoms with Crippen LogP contribution in [-0.4, -0.2) is 0 Å². The molecule has 0 saturated heterocycles. The molecule has 0 aromatic rings. The first kappa shape index (κ1) is 4.91. The van der Waals surface area contributed by atoms with Gasteiger partial charge < -0.3 is 0 Å². The van der Waals surface area contributed by atoms with Crippen molar-refractivity contribution in [1.82, 2.24) is 0 Å². The number of allylic oxidation sites excluding steroid dienone is 2. The van der Waals surface area contributed by atoms with E-state index in [1.165, 1.54) is 0 Å². The molecule has 0 unspecified atom stereocenters. The largest absolute Gasteiger partial charge is 0.233 e. The fraction of sp³-hybridized carbons (Fsp3) is 0.